The molecule has 0 saturated heterocycles. The molecule has 0 heterocycles. The molecule has 2 unspecified atom stereocenters. The maximum absolute atomic E-state index is 11.3. The molecule has 0 aliphatic rings. The fourth-order valence-corrected chi connectivity index (χ4v) is 3.85. The second-order valence-electron chi connectivity index (χ2n) is 6.76. The summed E-state index contributed by atoms with van der Waals surface area (Å²) in [5.41, 5.74) is 0. The van der Waals surface area contributed by atoms with Gasteiger partial charge in [-0.2, -0.15) is 0 Å². The quantitative estimate of drug-likeness (QED) is 0.254. The van der Waals surface area contributed by atoms with Crippen LogP contribution in [0.1, 0.15) is 104 Å². The number of unbranched alkanes of at least 4 members (excludes halogenated alkanes) is 9. The molecule has 0 fully saturated rings. The first-order valence-corrected chi connectivity index (χ1v) is 11.0. The van der Waals surface area contributed by atoms with E-state index in [1.165, 1.54) is 32.1 Å². The monoisotopic (exact) mass is 372 g/mol. The van der Waals surface area contributed by atoms with E-state index < -0.39 is 21.5 Å². The summed E-state index contributed by atoms with van der Waals surface area (Å²) >= 11 is 0. The van der Waals surface area contributed by atoms with Gasteiger partial charge in [0, 0.05) is 0 Å². The van der Waals surface area contributed by atoms with E-state index in [1.807, 2.05) is 0 Å². The maximum atomic E-state index is 11.3. The molecule has 0 spiro atoms. The number of rotatable bonds is 16. The van der Waals surface area contributed by atoms with Gasteiger partial charge in [0.25, 0.3) is 0 Å². The molecule has 0 amide bonds. The summed E-state index contributed by atoms with van der Waals surface area (Å²) in [4.78, 5) is 0. The standard InChI is InChI=1S/C18H38O4S.Na/c1-3-5-7-9-10-11-12-14-17(19)16-18(23(20,21)22)15-13-8-6-4-2;/h17-19H,3-16H2,1-2H3,(H,20,21,22);/q;+1/p-1. The van der Waals surface area contributed by atoms with Crippen LogP contribution in [0.15, 0.2) is 0 Å². The molecule has 0 radical (unpaired) electrons. The van der Waals surface area contributed by atoms with Crippen LogP contribution in [0.25, 0.3) is 0 Å². The Bertz CT molecular complexity index is 360. The van der Waals surface area contributed by atoms with E-state index in [9.17, 15) is 18.1 Å². The van der Waals surface area contributed by atoms with Crippen LogP contribution in [0.3, 0.4) is 0 Å². The molecule has 0 aromatic heterocycles. The minimum absolute atomic E-state index is 0. The summed E-state index contributed by atoms with van der Waals surface area (Å²) in [5, 5.41) is 9.11. The Morgan fingerprint density at radius 1 is 0.792 bits per heavy atom. The van der Waals surface area contributed by atoms with E-state index in [2.05, 4.69) is 13.8 Å². The maximum Gasteiger partial charge on any atom is 1.00 e. The number of hydrogen-bond donors (Lipinski definition) is 1. The first-order chi connectivity index (χ1) is 10.9. The number of aliphatic hydroxyl groups is 1. The van der Waals surface area contributed by atoms with Gasteiger partial charge in [-0.1, -0.05) is 84.5 Å². The largest absolute Gasteiger partial charge is 1.00 e. The molecule has 0 aromatic carbocycles. The SMILES string of the molecule is CCCCCCCCCC(O)CC(CCCCCC)S(=O)(=O)[O-].[Na+]. The molecule has 0 aliphatic carbocycles. The molecule has 0 aromatic rings. The van der Waals surface area contributed by atoms with Gasteiger partial charge in [0.1, 0.15) is 0 Å². The second kappa shape index (κ2) is 17.3. The summed E-state index contributed by atoms with van der Waals surface area (Å²) in [6.07, 6.45) is 12.5. The van der Waals surface area contributed by atoms with Gasteiger partial charge in [-0.05, 0) is 19.3 Å². The minimum atomic E-state index is -4.30. The second-order valence-corrected chi connectivity index (χ2v) is 8.42. The Morgan fingerprint density at radius 3 is 1.71 bits per heavy atom. The van der Waals surface area contributed by atoms with Gasteiger partial charge in [0.2, 0.25) is 0 Å². The molecule has 1 N–H and O–H groups in total. The van der Waals surface area contributed by atoms with Crippen molar-refractivity contribution >= 4 is 10.1 Å². The zero-order valence-corrected chi connectivity index (χ0v) is 19.0. The summed E-state index contributed by atoms with van der Waals surface area (Å²) < 4.78 is 34.0. The predicted octanol–water partition coefficient (Wildman–Crippen LogP) is 1.77. The van der Waals surface area contributed by atoms with E-state index >= 15 is 0 Å². The average Bonchev–Trinajstić information content (AvgIpc) is 2.48. The smallest absolute Gasteiger partial charge is 0.748 e. The fraction of sp³-hybridized carbons (Fsp3) is 1.00. The number of hydrogen-bond acceptors (Lipinski definition) is 4. The fourth-order valence-electron chi connectivity index (χ4n) is 2.94. The molecule has 4 nitrogen and oxygen atoms in total. The molecule has 0 aliphatic heterocycles. The van der Waals surface area contributed by atoms with Crippen molar-refractivity contribution in [1.82, 2.24) is 0 Å². The van der Waals surface area contributed by atoms with Crippen molar-refractivity contribution < 1.29 is 47.6 Å². The van der Waals surface area contributed by atoms with Gasteiger partial charge in [-0.25, -0.2) is 8.42 Å². The Hall–Kier alpha value is 0.870. The van der Waals surface area contributed by atoms with E-state index in [1.54, 1.807) is 0 Å². The van der Waals surface area contributed by atoms with Crippen molar-refractivity contribution in [3.8, 4) is 0 Å². The molecule has 6 heteroatoms. The van der Waals surface area contributed by atoms with Crippen molar-refractivity contribution in [2.75, 3.05) is 0 Å². The average molecular weight is 373 g/mol. The van der Waals surface area contributed by atoms with Crippen LogP contribution in [0.4, 0.5) is 0 Å². The van der Waals surface area contributed by atoms with Crippen LogP contribution in [-0.4, -0.2) is 29.4 Å². The Labute approximate surface area is 172 Å². The summed E-state index contributed by atoms with van der Waals surface area (Å²) in [7, 11) is -4.30. The minimum Gasteiger partial charge on any atom is -0.748 e. The van der Waals surface area contributed by atoms with Gasteiger partial charge in [0.05, 0.1) is 21.5 Å². The van der Waals surface area contributed by atoms with Crippen LogP contribution >= 0.6 is 0 Å². The van der Waals surface area contributed by atoms with E-state index in [-0.39, 0.29) is 36.0 Å². The zero-order chi connectivity index (χ0) is 17.6. The van der Waals surface area contributed by atoms with Crippen molar-refractivity contribution in [3.63, 3.8) is 0 Å². The normalized spacial score (nSPS) is 14.2. The van der Waals surface area contributed by atoms with Gasteiger partial charge < -0.3 is 9.66 Å². The molecule has 0 saturated carbocycles. The van der Waals surface area contributed by atoms with Crippen LogP contribution in [0.2, 0.25) is 0 Å². The van der Waals surface area contributed by atoms with Gasteiger partial charge in [0.15, 0.2) is 0 Å². The zero-order valence-electron chi connectivity index (χ0n) is 16.1. The van der Waals surface area contributed by atoms with Crippen molar-refractivity contribution in [3.05, 3.63) is 0 Å². The van der Waals surface area contributed by atoms with Crippen molar-refractivity contribution in [1.29, 1.82) is 0 Å². The van der Waals surface area contributed by atoms with Crippen molar-refractivity contribution in [2.24, 2.45) is 0 Å². The van der Waals surface area contributed by atoms with Crippen molar-refractivity contribution in [2.45, 2.75) is 115 Å². The van der Waals surface area contributed by atoms with Crippen LogP contribution in [-0.2, 0) is 10.1 Å². The molecule has 140 valence electrons. The first-order valence-electron chi connectivity index (χ1n) is 9.54. The molecule has 24 heavy (non-hydrogen) atoms. The van der Waals surface area contributed by atoms with Gasteiger partial charge in [-0.3, -0.25) is 0 Å². The van der Waals surface area contributed by atoms with Crippen LogP contribution in [0, 0.1) is 0 Å². The third kappa shape index (κ3) is 16.3. The third-order valence-electron chi connectivity index (χ3n) is 4.46. The van der Waals surface area contributed by atoms with E-state index in [0.29, 0.717) is 12.8 Å². The topological polar surface area (TPSA) is 77.4 Å². The molecular formula is C18H37NaO4S. The van der Waals surface area contributed by atoms with Gasteiger partial charge >= 0.3 is 29.6 Å². The van der Waals surface area contributed by atoms with Gasteiger partial charge in [-0.15, -0.1) is 0 Å². The predicted molar refractivity (Wildman–Crippen MR) is 95.5 cm³/mol. The Kier molecular flexibility index (Phi) is 19.5. The molecule has 2 atom stereocenters. The molecule has 0 rings (SSSR count). The summed E-state index contributed by atoms with van der Waals surface area (Å²) in [6, 6.07) is 0. The Morgan fingerprint density at radius 2 is 1.21 bits per heavy atom. The Balaban J connectivity index is 0. The molecule has 0 bridgehead atoms. The summed E-state index contributed by atoms with van der Waals surface area (Å²) in [5.74, 6) is 0. The van der Waals surface area contributed by atoms with E-state index in [0.717, 1.165) is 38.5 Å². The van der Waals surface area contributed by atoms with E-state index in [4.69, 9.17) is 0 Å². The summed E-state index contributed by atoms with van der Waals surface area (Å²) in [6.45, 7) is 4.28. The number of aliphatic hydroxyl groups excluding tert-OH is 1. The van der Waals surface area contributed by atoms with Crippen LogP contribution in [0.5, 0.6) is 0 Å². The third-order valence-corrected chi connectivity index (χ3v) is 5.71. The molecular weight excluding hydrogens is 335 g/mol. The van der Waals surface area contributed by atoms with Crippen LogP contribution < -0.4 is 29.6 Å². The first kappa shape index (κ1) is 27.1.